The van der Waals surface area contributed by atoms with Crippen LogP contribution in [0.2, 0.25) is 0 Å². The van der Waals surface area contributed by atoms with Crippen molar-refractivity contribution in [3.63, 3.8) is 0 Å². The molecule has 1 rings (SSSR count). The van der Waals surface area contributed by atoms with Gasteiger partial charge >= 0.3 is 0 Å². The molecule has 1 atom stereocenters. The summed E-state index contributed by atoms with van der Waals surface area (Å²) < 4.78 is 0. The van der Waals surface area contributed by atoms with Crippen LogP contribution in [0.25, 0.3) is 0 Å². The summed E-state index contributed by atoms with van der Waals surface area (Å²) in [4.78, 5) is 2.50. The first kappa shape index (κ1) is 16.2. The van der Waals surface area contributed by atoms with Crippen molar-refractivity contribution in [2.45, 2.75) is 52.6 Å². The monoisotopic (exact) mass is 262 g/mol. The highest BCUT2D eigenvalue weighted by Gasteiger charge is 2.14. The molecule has 0 saturated heterocycles. The Kier molecular flexibility index (Phi) is 7.11. The number of nitrogens with zero attached hydrogens (tertiary/aromatic N) is 1. The third kappa shape index (κ3) is 6.74. The van der Waals surface area contributed by atoms with E-state index in [0.717, 1.165) is 25.9 Å². The summed E-state index contributed by atoms with van der Waals surface area (Å²) in [7, 11) is 0. The van der Waals surface area contributed by atoms with Crippen molar-refractivity contribution < 1.29 is 0 Å². The van der Waals surface area contributed by atoms with Crippen molar-refractivity contribution in [1.29, 1.82) is 0 Å². The minimum absolute atomic E-state index is 0.265. The molecule has 1 unspecified atom stereocenters. The van der Waals surface area contributed by atoms with E-state index in [1.807, 2.05) is 0 Å². The molecular formula is C17H30N2. The molecule has 0 aliphatic carbocycles. The third-order valence-electron chi connectivity index (χ3n) is 3.45. The van der Waals surface area contributed by atoms with Gasteiger partial charge in [0.1, 0.15) is 0 Å². The first-order valence-corrected chi connectivity index (χ1v) is 7.52. The topological polar surface area (TPSA) is 29.3 Å². The van der Waals surface area contributed by atoms with Gasteiger partial charge in [0.25, 0.3) is 0 Å². The number of hydrogen-bond donors (Lipinski definition) is 1. The van der Waals surface area contributed by atoms with Crippen LogP contribution in [0.5, 0.6) is 0 Å². The Morgan fingerprint density at radius 1 is 1.00 bits per heavy atom. The Bertz CT molecular complexity index is 332. The van der Waals surface area contributed by atoms with Crippen LogP contribution in [-0.2, 0) is 6.42 Å². The summed E-state index contributed by atoms with van der Waals surface area (Å²) in [5, 5.41) is 0. The molecule has 0 radical (unpaired) electrons. The van der Waals surface area contributed by atoms with E-state index in [1.54, 1.807) is 0 Å². The molecule has 0 aliphatic rings. The van der Waals surface area contributed by atoms with E-state index < -0.39 is 0 Å². The van der Waals surface area contributed by atoms with E-state index in [4.69, 9.17) is 5.73 Å². The molecule has 0 spiro atoms. The minimum atomic E-state index is 0.265. The van der Waals surface area contributed by atoms with Crippen LogP contribution in [0.1, 0.15) is 39.7 Å². The van der Waals surface area contributed by atoms with Gasteiger partial charge in [-0.3, -0.25) is 4.90 Å². The molecule has 108 valence electrons. The van der Waals surface area contributed by atoms with Crippen LogP contribution in [0.4, 0.5) is 0 Å². The van der Waals surface area contributed by atoms with Gasteiger partial charge < -0.3 is 5.73 Å². The van der Waals surface area contributed by atoms with Crippen LogP contribution in [0.3, 0.4) is 0 Å². The van der Waals surface area contributed by atoms with Crippen molar-refractivity contribution in [2.75, 3.05) is 13.1 Å². The molecule has 0 aliphatic heterocycles. The largest absolute Gasteiger partial charge is 0.327 e. The standard InChI is InChI=1S/C17H30N2/c1-14(2)12-19(15(3)4)13-17(18)11-10-16-8-6-5-7-9-16/h5-9,14-15,17H,10-13,18H2,1-4H3. The van der Waals surface area contributed by atoms with Crippen LogP contribution in [0.15, 0.2) is 30.3 Å². The zero-order chi connectivity index (χ0) is 14.3. The number of nitrogens with two attached hydrogens (primary N) is 1. The van der Waals surface area contributed by atoms with E-state index in [9.17, 15) is 0 Å². The summed E-state index contributed by atoms with van der Waals surface area (Å²) in [6.07, 6.45) is 2.14. The Balaban J connectivity index is 2.38. The quantitative estimate of drug-likeness (QED) is 0.779. The highest BCUT2D eigenvalue weighted by atomic mass is 15.2. The van der Waals surface area contributed by atoms with Gasteiger partial charge in [-0.2, -0.15) is 0 Å². The maximum Gasteiger partial charge on any atom is 0.0171 e. The molecule has 2 heteroatoms. The molecule has 0 fully saturated rings. The number of rotatable bonds is 8. The number of aryl methyl sites for hydroxylation is 1. The van der Waals surface area contributed by atoms with E-state index >= 15 is 0 Å². The Hall–Kier alpha value is -0.860. The summed E-state index contributed by atoms with van der Waals surface area (Å²) in [6, 6.07) is 11.5. The second kappa shape index (κ2) is 8.34. The molecular weight excluding hydrogens is 232 g/mol. The molecule has 0 heterocycles. The third-order valence-corrected chi connectivity index (χ3v) is 3.45. The van der Waals surface area contributed by atoms with E-state index in [0.29, 0.717) is 12.0 Å². The zero-order valence-electron chi connectivity index (χ0n) is 13.0. The van der Waals surface area contributed by atoms with Gasteiger partial charge in [-0.05, 0) is 38.2 Å². The summed E-state index contributed by atoms with van der Waals surface area (Å²) in [5.41, 5.74) is 7.68. The van der Waals surface area contributed by atoms with Crippen LogP contribution >= 0.6 is 0 Å². The average Bonchev–Trinajstić information content (AvgIpc) is 2.36. The minimum Gasteiger partial charge on any atom is -0.327 e. The summed E-state index contributed by atoms with van der Waals surface area (Å²) >= 11 is 0. The predicted molar refractivity (Wildman–Crippen MR) is 84.3 cm³/mol. The first-order chi connectivity index (χ1) is 8.99. The predicted octanol–water partition coefficient (Wildman–Crippen LogP) is 3.31. The fourth-order valence-corrected chi connectivity index (χ4v) is 2.35. The lowest BCUT2D eigenvalue weighted by Gasteiger charge is -2.30. The normalized spacial score (nSPS) is 13.5. The van der Waals surface area contributed by atoms with Crippen molar-refractivity contribution in [3.05, 3.63) is 35.9 Å². The molecule has 0 bridgehead atoms. The summed E-state index contributed by atoms with van der Waals surface area (Å²) in [6.45, 7) is 11.2. The van der Waals surface area contributed by atoms with Gasteiger partial charge in [0.05, 0.1) is 0 Å². The summed E-state index contributed by atoms with van der Waals surface area (Å²) in [5.74, 6) is 0.698. The van der Waals surface area contributed by atoms with Crippen LogP contribution < -0.4 is 5.73 Å². The lowest BCUT2D eigenvalue weighted by molar-refractivity contribution is 0.184. The Labute approximate surface area is 119 Å². The molecule has 19 heavy (non-hydrogen) atoms. The van der Waals surface area contributed by atoms with E-state index in [1.165, 1.54) is 5.56 Å². The lowest BCUT2D eigenvalue weighted by Crippen LogP contribution is -2.43. The second-order valence-corrected chi connectivity index (χ2v) is 6.23. The van der Waals surface area contributed by atoms with Gasteiger partial charge in [0.15, 0.2) is 0 Å². The van der Waals surface area contributed by atoms with Gasteiger partial charge in [-0.1, -0.05) is 44.2 Å². The Morgan fingerprint density at radius 2 is 1.63 bits per heavy atom. The highest BCUT2D eigenvalue weighted by molar-refractivity contribution is 5.14. The van der Waals surface area contributed by atoms with Crippen LogP contribution in [-0.4, -0.2) is 30.1 Å². The number of benzene rings is 1. The molecule has 1 aromatic rings. The molecule has 2 N–H and O–H groups in total. The first-order valence-electron chi connectivity index (χ1n) is 7.52. The zero-order valence-corrected chi connectivity index (χ0v) is 13.0. The van der Waals surface area contributed by atoms with E-state index in [-0.39, 0.29) is 6.04 Å². The molecule has 2 nitrogen and oxygen atoms in total. The maximum absolute atomic E-state index is 6.29. The van der Waals surface area contributed by atoms with Crippen molar-refractivity contribution >= 4 is 0 Å². The number of hydrogen-bond acceptors (Lipinski definition) is 2. The molecule has 0 aromatic heterocycles. The fourth-order valence-electron chi connectivity index (χ4n) is 2.35. The Morgan fingerprint density at radius 3 is 2.16 bits per heavy atom. The van der Waals surface area contributed by atoms with E-state index in [2.05, 4.69) is 62.9 Å². The van der Waals surface area contributed by atoms with Gasteiger partial charge in [0, 0.05) is 25.2 Å². The fraction of sp³-hybridized carbons (Fsp3) is 0.647. The molecule has 0 amide bonds. The smallest absolute Gasteiger partial charge is 0.0171 e. The molecule has 0 saturated carbocycles. The SMILES string of the molecule is CC(C)CN(CC(N)CCc1ccccc1)C(C)C. The average molecular weight is 262 g/mol. The molecule has 1 aromatic carbocycles. The highest BCUT2D eigenvalue weighted by Crippen LogP contribution is 2.08. The van der Waals surface area contributed by atoms with Gasteiger partial charge in [0.2, 0.25) is 0 Å². The van der Waals surface area contributed by atoms with Gasteiger partial charge in [-0.15, -0.1) is 0 Å². The van der Waals surface area contributed by atoms with Gasteiger partial charge in [-0.25, -0.2) is 0 Å². The van der Waals surface area contributed by atoms with Crippen molar-refractivity contribution in [2.24, 2.45) is 11.7 Å². The van der Waals surface area contributed by atoms with Crippen LogP contribution in [0, 0.1) is 5.92 Å². The van der Waals surface area contributed by atoms with Crippen molar-refractivity contribution in [3.8, 4) is 0 Å². The van der Waals surface area contributed by atoms with Crippen molar-refractivity contribution in [1.82, 2.24) is 4.90 Å². The second-order valence-electron chi connectivity index (χ2n) is 6.23. The maximum atomic E-state index is 6.29. The lowest BCUT2D eigenvalue weighted by atomic mass is 10.0.